The van der Waals surface area contributed by atoms with Gasteiger partial charge in [0.1, 0.15) is 6.61 Å². The fourth-order valence-corrected chi connectivity index (χ4v) is 4.73. The molecule has 1 atom stereocenters. The summed E-state index contributed by atoms with van der Waals surface area (Å²) in [6, 6.07) is 14.4. The lowest BCUT2D eigenvalue weighted by Gasteiger charge is -2.39. The van der Waals surface area contributed by atoms with Crippen LogP contribution in [0.15, 0.2) is 48.5 Å². The first-order chi connectivity index (χ1) is 15.9. The number of hydrogen-bond donors (Lipinski definition) is 1. The molecule has 1 aliphatic heterocycles. The van der Waals surface area contributed by atoms with Crippen LogP contribution >= 0.6 is 0 Å². The highest BCUT2D eigenvalue weighted by Crippen LogP contribution is 2.28. The molecule has 2 aromatic carbocycles. The fourth-order valence-electron chi connectivity index (χ4n) is 4.73. The number of nitrogens with one attached hydrogen (secondary N) is 1. The molecule has 1 fully saturated rings. The van der Waals surface area contributed by atoms with E-state index >= 15 is 0 Å². The maximum atomic E-state index is 13.5. The minimum absolute atomic E-state index is 0.149. The zero-order valence-corrected chi connectivity index (χ0v) is 19.6. The third-order valence-electron chi connectivity index (χ3n) is 6.42. The van der Waals surface area contributed by atoms with Gasteiger partial charge in [0.2, 0.25) is 0 Å². The summed E-state index contributed by atoms with van der Waals surface area (Å²) >= 11 is 0. The Hall–Kier alpha value is -3.19. The molecule has 0 radical (unpaired) electrons. The van der Waals surface area contributed by atoms with Gasteiger partial charge in [-0.3, -0.25) is 4.79 Å². The molecule has 1 aliphatic rings. The summed E-state index contributed by atoms with van der Waals surface area (Å²) in [5.74, 6) is -1.01. The molecule has 0 aromatic heterocycles. The lowest BCUT2D eigenvalue weighted by atomic mass is 10.1. The summed E-state index contributed by atoms with van der Waals surface area (Å²) < 4.78 is 10.8. The number of amides is 1. The van der Waals surface area contributed by atoms with Crippen LogP contribution in [0.5, 0.6) is 0 Å². The first kappa shape index (κ1) is 24.5. The highest BCUT2D eigenvalue weighted by molar-refractivity contribution is 6.03. The van der Waals surface area contributed by atoms with E-state index in [9.17, 15) is 14.4 Å². The standard InChI is InChI=1S/C26H32N2O5/c1-4-22(25(30)27-24-19(2)11-10-14-21(24)26(31)32-3)28(15-8-9-16-28)17-23(29)33-18-20-12-6-5-7-13-20/h5-7,10-14,22H,4,8-9,15-18H2,1-3H3/p+1. The van der Waals surface area contributed by atoms with E-state index in [1.165, 1.54) is 7.11 Å². The Morgan fingerprint density at radius 3 is 2.36 bits per heavy atom. The number of rotatable bonds is 9. The van der Waals surface area contributed by atoms with Crippen LogP contribution in [-0.2, 0) is 25.7 Å². The molecule has 7 nitrogen and oxygen atoms in total. The van der Waals surface area contributed by atoms with Crippen molar-refractivity contribution in [1.82, 2.24) is 0 Å². The molecule has 1 heterocycles. The van der Waals surface area contributed by atoms with Gasteiger partial charge < -0.3 is 19.3 Å². The Bertz CT molecular complexity index is 983. The molecular formula is C26H33N2O5+. The molecule has 33 heavy (non-hydrogen) atoms. The topological polar surface area (TPSA) is 81.7 Å². The van der Waals surface area contributed by atoms with Crippen LogP contribution in [0.3, 0.4) is 0 Å². The number of carbonyl (C=O) groups is 3. The van der Waals surface area contributed by atoms with Crippen LogP contribution in [0.25, 0.3) is 0 Å². The average molecular weight is 454 g/mol. The molecule has 0 saturated carbocycles. The maximum Gasteiger partial charge on any atom is 0.362 e. The highest BCUT2D eigenvalue weighted by atomic mass is 16.5. The molecule has 1 unspecified atom stereocenters. The minimum Gasteiger partial charge on any atom is -0.465 e. The molecule has 1 amide bonds. The molecule has 0 spiro atoms. The van der Waals surface area contributed by atoms with Gasteiger partial charge in [-0.1, -0.05) is 49.4 Å². The van der Waals surface area contributed by atoms with Gasteiger partial charge in [-0.15, -0.1) is 0 Å². The normalized spacial score (nSPS) is 15.5. The molecule has 1 saturated heterocycles. The molecule has 1 N–H and O–H groups in total. The van der Waals surface area contributed by atoms with Crippen molar-refractivity contribution in [3.05, 3.63) is 65.2 Å². The summed E-state index contributed by atoms with van der Waals surface area (Å²) in [5.41, 5.74) is 2.47. The summed E-state index contributed by atoms with van der Waals surface area (Å²) in [5, 5.41) is 2.97. The van der Waals surface area contributed by atoms with E-state index in [0.717, 1.165) is 37.1 Å². The van der Waals surface area contributed by atoms with Gasteiger partial charge >= 0.3 is 11.9 Å². The summed E-state index contributed by atoms with van der Waals surface area (Å²) in [6.45, 7) is 5.64. The second-order valence-corrected chi connectivity index (χ2v) is 8.58. The van der Waals surface area contributed by atoms with Crippen LogP contribution in [0, 0.1) is 6.92 Å². The maximum absolute atomic E-state index is 13.5. The van der Waals surface area contributed by atoms with Crippen molar-refractivity contribution in [2.45, 2.75) is 45.8 Å². The van der Waals surface area contributed by atoms with Crippen LogP contribution < -0.4 is 5.32 Å². The van der Waals surface area contributed by atoms with E-state index in [4.69, 9.17) is 9.47 Å². The summed E-state index contributed by atoms with van der Waals surface area (Å²) in [6.07, 6.45) is 2.47. The van der Waals surface area contributed by atoms with Crippen molar-refractivity contribution in [3.63, 3.8) is 0 Å². The Balaban J connectivity index is 1.77. The molecule has 3 rings (SSSR count). The quantitative estimate of drug-likeness (QED) is 0.461. The van der Waals surface area contributed by atoms with E-state index < -0.39 is 12.0 Å². The number of hydrogen-bond acceptors (Lipinski definition) is 5. The number of quaternary nitrogens is 1. The lowest BCUT2D eigenvalue weighted by molar-refractivity contribution is -0.924. The molecule has 0 aliphatic carbocycles. The number of ether oxygens (including phenoxy) is 2. The number of carbonyl (C=O) groups excluding carboxylic acids is 3. The van der Waals surface area contributed by atoms with Crippen LogP contribution in [-0.4, -0.2) is 55.1 Å². The van der Waals surface area contributed by atoms with Gasteiger partial charge in [0.25, 0.3) is 5.91 Å². The Morgan fingerprint density at radius 2 is 1.73 bits per heavy atom. The Labute approximate surface area is 195 Å². The molecule has 0 bridgehead atoms. The Morgan fingerprint density at radius 1 is 1.03 bits per heavy atom. The SMILES string of the molecule is CCC(C(=O)Nc1c(C)cccc1C(=O)OC)[N+]1(CC(=O)OCc2ccccc2)CCCC1. The van der Waals surface area contributed by atoms with Gasteiger partial charge in [-0.25, -0.2) is 9.59 Å². The molecule has 7 heteroatoms. The molecular weight excluding hydrogens is 420 g/mol. The number of likely N-dealkylation sites (tertiary alicyclic amines) is 1. The predicted octanol–water partition coefficient (Wildman–Crippen LogP) is 3.85. The van der Waals surface area contributed by atoms with Crippen molar-refractivity contribution in [2.75, 3.05) is 32.1 Å². The van der Waals surface area contributed by atoms with E-state index in [2.05, 4.69) is 5.32 Å². The lowest BCUT2D eigenvalue weighted by Crippen LogP contribution is -2.60. The second-order valence-electron chi connectivity index (χ2n) is 8.58. The summed E-state index contributed by atoms with van der Waals surface area (Å²) in [4.78, 5) is 38.5. The van der Waals surface area contributed by atoms with Gasteiger partial charge in [0.05, 0.1) is 31.5 Å². The average Bonchev–Trinajstić information content (AvgIpc) is 3.28. The molecule has 2 aromatic rings. The number of nitrogens with zero attached hydrogens (tertiary/aromatic N) is 1. The highest BCUT2D eigenvalue weighted by Gasteiger charge is 2.45. The van der Waals surface area contributed by atoms with Gasteiger partial charge in [0, 0.05) is 19.3 Å². The van der Waals surface area contributed by atoms with Crippen LogP contribution in [0.4, 0.5) is 5.69 Å². The zero-order valence-electron chi connectivity index (χ0n) is 19.6. The van der Waals surface area contributed by atoms with E-state index in [1.807, 2.05) is 50.2 Å². The fraction of sp³-hybridized carbons (Fsp3) is 0.423. The van der Waals surface area contributed by atoms with Crippen molar-refractivity contribution in [3.8, 4) is 0 Å². The number of methoxy groups -OCH3 is 1. The van der Waals surface area contributed by atoms with Crippen molar-refractivity contribution < 1.29 is 28.3 Å². The minimum atomic E-state index is -0.503. The van der Waals surface area contributed by atoms with Gasteiger partial charge in [-0.05, 0) is 24.1 Å². The second kappa shape index (κ2) is 11.1. The number of benzene rings is 2. The summed E-state index contributed by atoms with van der Waals surface area (Å²) in [7, 11) is 1.32. The first-order valence-electron chi connectivity index (χ1n) is 11.4. The number of para-hydroxylation sites is 1. The Kier molecular flexibility index (Phi) is 8.22. The monoisotopic (exact) mass is 453 g/mol. The van der Waals surface area contributed by atoms with E-state index in [0.29, 0.717) is 22.2 Å². The zero-order chi connectivity index (χ0) is 23.8. The third kappa shape index (κ3) is 5.79. The van der Waals surface area contributed by atoms with Crippen LogP contribution in [0.1, 0.15) is 47.7 Å². The van der Waals surface area contributed by atoms with Crippen molar-refractivity contribution in [2.24, 2.45) is 0 Å². The number of esters is 2. The van der Waals surface area contributed by atoms with Gasteiger partial charge in [-0.2, -0.15) is 0 Å². The van der Waals surface area contributed by atoms with Crippen LogP contribution in [0.2, 0.25) is 0 Å². The number of anilines is 1. The van der Waals surface area contributed by atoms with E-state index in [1.54, 1.807) is 12.1 Å². The number of aryl methyl sites for hydroxylation is 1. The largest absolute Gasteiger partial charge is 0.465 e. The molecule has 176 valence electrons. The van der Waals surface area contributed by atoms with Crippen molar-refractivity contribution >= 4 is 23.5 Å². The van der Waals surface area contributed by atoms with Crippen molar-refractivity contribution in [1.29, 1.82) is 0 Å². The van der Waals surface area contributed by atoms with Gasteiger partial charge in [0.15, 0.2) is 12.6 Å². The smallest absolute Gasteiger partial charge is 0.362 e. The first-order valence-corrected chi connectivity index (χ1v) is 11.4. The predicted molar refractivity (Wildman–Crippen MR) is 126 cm³/mol. The van der Waals surface area contributed by atoms with E-state index in [-0.39, 0.29) is 25.0 Å². The third-order valence-corrected chi connectivity index (χ3v) is 6.42.